The maximum absolute atomic E-state index is 13.2. The molecule has 1 atom stereocenters. The van der Waals surface area contributed by atoms with Crippen LogP contribution in [0.5, 0.6) is 17.2 Å². The molecule has 2 aromatic carbocycles. The van der Waals surface area contributed by atoms with Gasteiger partial charge in [-0.1, -0.05) is 19.3 Å². The maximum Gasteiger partial charge on any atom is 0.240 e. The molecule has 0 spiro atoms. The molecule has 2 aliphatic rings. The summed E-state index contributed by atoms with van der Waals surface area (Å²) in [5, 5.41) is 5.67. The van der Waals surface area contributed by atoms with Crippen molar-refractivity contribution in [2.75, 3.05) is 42.2 Å². The summed E-state index contributed by atoms with van der Waals surface area (Å²) in [6.07, 6.45) is 5.14. The molecule has 10 nitrogen and oxygen atoms in total. The molecule has 1 aliphatic heterocycles. The Labute approximate surface area is 218 Å². The lowest BCUT2D eigenvalue weighted by Crippen LogP contribution is -2.46. The van der Waals surface area contributed by atoms with Gasteiger partial charge in [0.25, 0.3) is 0 Å². The first-order valence-corrected chi connectivity index (χ1v) is 13.7. The number of benzene rings is 2. The molecule has 11 heteroatoms. The average molecular weight is 530 g/mol. The standard InChI is InChI=1S/C26H31N3O7S/c1-34-21-10-8-20(9-11-21)29(14-24(30)27-18-5-3-2-4-6-18)26(32)16-37(33)15-25(31)28-19-7-12-22-23(13-19)36-17-35-22/h7-13,18H,2-6,14-17H2,1H3,(H,27,30)(H,28,31). The van der Waals surface area contributed by atoms with Gasteiger partial charge in [-0.05, 0) is 49.2 Å². The van der Waals surface area contributed by atoms with E-state index in [-0.39, 0.29) is 31.0 Å². The average Bonchev–Trinajstić information content (AvgIpc) is 3.35. The molecule has 0 aromatic heterocycles. The van der Waals surface area contributed by atoms with Gasteiger partial charge in [0.15, 0.2) is 11.5 Å². The first-order valence-electron chi connectivity index (χ1n) is 12.2. The fourth-order valence-corrected chi connectivity index (χ4v) is 5.23. The predicted octanol–water partition coefficient (Wildman–Crippen LogP) is 2.59. The monoisotopic (exact) mass is 529 g/mol. The van der Waals surface area contributed by atoms with Crippen LogP contribution in [0.1, 0.15) is 32.1 Å². The first kappa shape index (κ1) is 26.5. The van der Waals surface area contributed by atoms with E-state index < -0.39 is 28.4 Å². The molecule has 0 bridgehead atoms. The fourth-order valence-electron chi connectivity index (χ4n) is 4.33. The summed E-state index contributed by atoms with van der Waals surface area (Å²) in [7, 11) is -0.255. The number of carbonyl (C=O) groups is 3. The summed E-state index contributed by atoms with van der Waals surface area (Å²) in [6.45, 7) is -0.0928. The van der Waals surface area contributed by atoms with E-state index in [1.165, 1.54) is 12.0 Å². The van der Waals surface area contributed by atoms with Crippen molar-refractivity contribution in [3.63, 3.8) is 0 Å². The summed E-state index contributed by atoms with van der Waals surface area (Å²) >= 11 is 0. The Morgan fingerprint density at radius 3 is 2.43 bits per heavy atom. The number of hydrogen-bond acceptors (Lipinski definition) is 7. The van der Waals surface area contributed by atoms with E-state index in [1.54, 1.807) is 42.5 Å². The van der Waals surface area contributed by atoms with Gasteiger partial charge in [0.05, 0.1) is 7.11 Å². The van der Waals surface area contributed by atoms with Crippen LogP contribution in [0, 0.1) is 0 Å². The van der Waals surface area contributed by atoms with Gasteiger partial charge in [-0.15, -0.1) is 0 Å². The lowest BCUT2D eigenvalue weighted by Gasteiger charge is -2.26. The van der Waals surface area contributed by atoms with Crippen LogP contribution in [-0.4, -0.2) is 59.9 Å². The van der Waals surface area contributed by atoms with Crippen molar-refractivity contribution >= 4 is 39.9 Å². The highest BCUT2D eigenvalue weighted by molar-refractivity contribution is 7.86. The van der Waals surface area contributed by atoms with Crippen molar-refractivity contribution in [2.24, 2.45) is 0 Å². The van der Waals surface area contributed by atoms with E-state index in [2.05, 4.69) is 10.6 Å². The molecule has 2 aromatic rings. The number of hydrogen-bond donors (Lipinski definition) is 2. The number of amides is 3. The number of nitrogens with zero attached hydrogens (tertiary/aromatic N) is 1. The van der Waals surface area contributed by atoms with Crippen LogP contribution in [0.4, 0.5) is 11.4 Å². The molecular weight excluding hydrogens is 498 g/mol. The molecule has 1 heterocycles. The number of nitrogens with one attached hydrogen (secondary N) is 2. The van der Waals surface area contributed by atoms with Crippen molar-refractivity contribution in [2.45, 2.75) is 38.1 Å². The second-order valence-electron chi connectivity index (χ2n) is 8.93. The van der Waals surface area contributed by atoms with E-state index in [0.29, 0.717) is 28.6 Å². The molecule has 1 unspecified atom stereocenters. The Kier molecular flexibility index (Phi) is 8.99. The zero-order valence-electron chi connectivity index (χ0n) is 20.7. The van der Waals surface area contributed by atoms with Gasteiger partial charge in [-0.3, -0.25) is 18.6 Å². The minimum Gasteiger partial charge on any atom is -0.497 e. The summed E-state index contributed by atoms with van der Waals surface area (Å²) in [6, 6.07) is 11.7. The smallest absolute Gasteiger partial charge is 0.240 e. The van der Waals surface area contributed by atoms with E-state index in [4.69, 9.17) is 14.2 Å². The number of anilines is 2. The van der Waals surface area contributed by atoms with Crippen molar-refractivity contribution in [3.05, 3.63) is 42.5 Å². The quantitative estimate of drug-likeness (QED) is 0.485. The molecule has 1 saturated carbocycles. The number of rotatable bonds is 10. The van der Waals surface area contributed by atoms with Crippen molar-refractivity contribution < 1.29 is 32.8 Å². The Balaban J connectivity index is 1.36. The topological polar surface area (TPSA) is 123 Å². The SMILES string of the molecule is COc1ccc(N(CC(=O)NC2CCCCC2)C(=O)CS(=O)CC(=O)Nc2ccc3c(c2)OCO3)cc1. The highest BCUT2D eigenvalue weighted by atomic mass is 32.2. The Bertz CT molecular complexity index is 1150. The molecule has 2 N–H and O–H groups in total. The van der Waals surface area contributed by atoms with E-state index in [1.807, 2.05) is 0 Å². The highest BCUT2D eigenvalue weighted by Gasteiger charge is 2.24. The second-order valence-corrected chi connectivity index (χ2v) is 10.4. The van der Waals surface area contributed by atoms with Crippen molar-refractivity contribution in [1.29, 1.82) is 0 Å². The third-order valence-electron chi connectivity index (χ3n) is 6.19. The molecule has 1 fully saturated rings. The lowest BCUT2D eigenvalue weighted by atomic mass is 9.95. The second kappa shape index (κ2) is 12.6. The number of methoxy groups -OCH3 is 1. The fraction of sp³-hybridized carbons (Fsp3) is 0.423. The zero-order chi connectivity index (χ0) is 26.2. The summed E-state index contributed by atoms with van der Waals surface area (Å²) in [5.41, 5.74) is 0.947. The first-order chi connectivity index (χ1) is 17.9. The Hall–Kier alpha value is -3.60. The lowest BCUT2D eigenvalue weighted by molar-refractivity contribution is -0.123. The van der Waals surface area contributed by atoms with Gasteiger partial charge < -0.3 is 29.7 Å². The van der Waals surface area contributed by atoms with Crippen LogP contribution in [0.2, 0.25) is 0 Å². The van der Waals surface area contributed by atoms with E-state index >= 15 is 0 Å². The largest absolute Gasteiger partial charge is 0.497 e. The summed E-state index contributed by atoms with van der Waals surface area (Å²) in [5.74, 6) is -0.375. The molecule has 3 amide bonds. The van der Waals surface area contributed by atoms with Crippen LogP contribution in [0.25, 0.3) is 0 Å². The third-order valence-corrected chi connectivity index (χ3v) is 7.34. The highest BCUT2D eigenvalue weighted by Crippen LogP contribution is 2.34. The normalized spacial score (nSPS) is 15.5. The van der Waals surface area contributed by atoms with Crippen molar-refractivity contribution in [1.82, 2.24) is 5.32 Å². The van der Waals surface area contributed by atoms with E-state index in [0.717, 1.165) is 32.1 Å². The van der Waals surface area contributed by atoms with Crippen LogP contribution in [0.15, 0.2) is 42.5 Å². The van der Waals surface area contributed by atoms with Crippen LogP contribution in [0.3, 0.4) is 0 Å². The third kappa shape index (κ3) is 7.45. The van der Waals surface area contributed by atoms with Gasteiger partial charge in [0.2, 0.25) is 24.5 Å². The van der Waals surface area contributed by atoms with Crippen LogP contribution >= 0.6 is 0 Å². The van der Waals surface area contributed by atoms with E-state index in [9.17, 15) is 18.6 Å². The Morgan fingerprint density at radius 2 is 1.70 bits per heavy atom. The number of ether oxygens (including phenoxy) is 3. The molecule has 1 aliphatic carbocycles. The van der Waals surface area contributed by atoms with Gasteiger partial charge in [-0.25, -0.2) is 0 Å². The molecule has 37 heavy (non-hydrogen) atoms. The molecular formula is C26H31N3O7S. The maximum atomic E-state index is 13.2. The van der Waals surface area contributed by atoms with Gasteiger partial charge in [0.1, 0.15) is 23.8 Å². The van der Waals surface area contributed by atoms with Crippen LogP contribution < -0.4 is 29.7 Å². The molecule has 0 radical (unpaired) electrons. The minimum absolute atomic E-state index is 0.100. The molecule has 0 saturated heterocycles. The number of fused-ring (bicyclic) bond motifs is 1. The van der Waals surface area contributed by atoms with Crippen LogP contribution in [-0.2, 0) is 25.2 Å². The Morgan fingerprint density at radius 1 is 0.973 bits per heavy atom. The summed E-state index contributed by atoms with van der Waals surface area (Å²) < 4.78 is 28.4. The van der Waals surface area contributed by atoms with Gasteiger partial charge in [0, 0.05) is 34.3 Å². The molecule has 4 rings (SSSR count). The molecule has 198 valence electrons. The van der Waals surface area contributed by atoms with Crippen molar-refractivity contribution in [3.8, 4) is 17.2 Å². The van der Waals surface area contributed by atoms with Gasteiger partial charge in [-0.2, -0.15) is 0 Å². The number of carbonyl (C=O) groups excluding carboxylic acids is 3. The summed E-state index contributed by atoms with van der Waals surface area (Å²) in [4.78, 5) is 39.7. The zero-order valence-corrected chi connectivity index (χ0v) is 21.5. The minimum atomic E-state index is -1.79. The predicted molar refractivity (Wildman–Crippen MR) is 139 cm³/mol. The van der Waals surface area contributed by atoms with Gasteiger partial charge >= 0.3 is 0 Å².